The minimum absolute atomic E-state index is 0.195. The quantitative estimate of drug-likeness (QED) is 0.319. The number of alkyl halides is 3. The van der Waals surface area contributed by atoms with Gasteiger partial charge in [0, 0.05) is 37.6 Å². The fourth-order valence-corrected chi connectivity index (χ4v) is 5.06. The molecule has 0 radical (unpaired) electrons. The van der Waals surface area contributed by atoms with Crippen molar-refractivity contribution in [2.45, 2.75) is 38.6 Å². The van der Waals surface area contributed by atoms with Gasteiger partial charge in [-0.15, -0.1) is 13.2 Å². The third-order valence-electron chi connectivity index (χ3n) is 7.08. The topological polar surface area (TPSA) is 68.1 Å². The fraction of sp³-hybridized carbons (Fsp3) is 0.310. The Balaban J connectivity index is 1.15. The predicted molar refractivity (Wildman–Crippen MR) is 141 cm³/mol. The molecule has 0 spiro atoms. The van der Waals surface area contributed by atoms with E-state index in [9.17, 15) is 18.0 Å². The van der Waals surface area contributed by atoms with Crippen LogP contribution in [-0.2, 0) is 6.54 Å². The molecule has 1 amide bonds. The van der Waals surface area contributed by atoms with Crippen molar-refractivity contribution in [2.75, 3.05) is 25.1 Å². The number of rotatable bonds is 7. The summed E-state index contributed by atoms with van der Waals surface area (Å²) in [6, 6.07) is 17.9. The van der Waals surface area contributed by atoms with E-state index < -0.39 is 6.36 Å². The summed E-state index contributed by atoms with van der Waals surface area (Å²) in [6.45, 7) is 3.89. The summed E-state index contributed by atoms with van der Waals surface area (Å²) in [7, 11) is 1.58. The van der Waals surface area contributed by atoms with Crippen LogP contribution < -0.4 is 19.7 Å². The number of aromatic nitrogens is 2. The van der Waals surface area contributed by atoms with Gasteiger partial charge in [-0.3, -0.25) is 4.79 Å². The van der Waals surface area contributed by atoms with Crippen LogP contribution in [0.4, 0.5) is 18.9 Å². The van der Waals surface area contributed by atoms with E-state index in [1.165, 1.54) is 12.1 Å². The number of carbonyl (C=O) groups is 1. The number of fused-ring (bicyclic) bond motifs is 1. The summed E-state index contributed by atoms with van der Waals surface area (Å²) in [5, 5.41) is 7.41. The second-order valence-electron chi connectivity index (χ2n) is 9.58. The zero-order valence-corrected chi connectivity index (χ0v) is 21.7. The van der Waals surface area contributed by atoms with Crippen LogP contribution in [0.25, 0.3) is 5.52 Å². The highest BCUT2D eigenvalue weighted by Crippen LogP contribution is 2.32. The van der Waals surface area contributed by atoms with Crippen LogP contribution in [0.1, 0.15) is 45.9 Å². The summed E-state index contributed by atoms with van der Waals surface area (Å²) >= 11 is 0. The number of benzene rings is 2. The highest BCUT2D eigenvalue weighted by atomic mass is 19.4. The summed E-state index contributed by atoms with van der Waals surface area (Å²) in [5.74, 6) is 0.553. The average molecular weight is 539 g/mol. The molecule has 1 saturated heterocycles. The van der Waals surface area contributed by atoms with Gasteiger partial charge in [0.05, 0.1) is 23.9 Å². The second kappa shape index (κ2) is 10.9. The zero-order chi connectivity index (χ0) is 27.6. The number of nitrogens with zero attached hydrogens (tertiary/aromatic N) is 3. The van der Waals surface area contributed by atoms with Crippen molar-refractivity contribution < 1.29 is 27.4 Å². The molecular formula is C29H29F3N4O3. The van der Waals surface area contributed by atoms with Gasteiger partial charge in [-0.25, -0.2) is 4.52 Å². The smallest absolute Gasteiger partial charge is 0.497 e. The molecule has 0 aliphatic carbocycles. The van der Waals surface area contributed by atoms with Gasteiger partial charge in [0.2, 0.25) is 0 Å². The molecule has 1 N–H and O–H groups in total. The van der Waals surface area contributed by atoms with Crippen molar-refractivity contribution in [1.29, 1.82) is 0 Å². The molecule has 3 heterocycles. The van der Waals surface area contributed by atoms with Crippen LogP contribution in [0.15, 0.2) is 66.9 Å². The molecule has 1 fully saturated rings. The summed E-state index contributed by atoms with van der Waals surface area (Å²) in [6.07, 6.45) is -1.11. The van der Waals surface area contributed by atoms with E-state index in [1.54, 1.807) is 42.1 Å². The van der Waals surface area contributed by atoms with E-state index in [4.69, 9.17) is 4.74 Å². The summed E-state index contributed by atoms with van der Waals surface area (Å²) in [5.41, 5.74) is 4.96. The number of methoxy groups -OCH3 is 1. The van der Waals surface area contributed by atoms with Gasteiger partial charge in [-0.2, -0.15) is 5.10 Å². The van der Waals surface area contributed by atoms with E-state index in [0.717, 1.165) is 42.7 Å². The first kappa shape index (κ1) is 26.4. The Hall–Kier alpha value is -4.21. The van der Waals surface area contributed by atoms with Gasteiger partial charge < -0.3 is 19.7 Å². The number of aryl methyl sites for hydroxylation is 1. The van der Waals surface area contributed by atoms with Crippen molar-refractivity contribution in [3.63, 3.8) is 0 Å². The SMILES string of the molecule is COc1ccn2nc(C)c(C(=O)NCc3ccc(N4CCC(c5ccc(OC(F)(F)F)cc5)CC4)cc3)c2c1. The molecule has 4 aromatic rings. The van der Waals surface area contributed by atoms with Gasteiger partial charge in [0.1, 0.15) is 11.5 Å². The molecule has 7 nitrogen and oxygen atoms in total. The molecule has 10 heteroatoms. The van der Waals surface area contributed by atoms with Gasteiger partial charge in [-0.1, -0.05) is 24.3 Å². The largest absolute Gasteiger partial charge is 0.573 e. The van der Waals surface area contributed by atoms with Gasteiger partial charge in [0.15, 0.2) is 0 Å². The number of halogens is 3. The molecule has 0 unspecified atom stereocenters. The Bertz CT molecular complexity index is 1440. The Morgan fingerprint density at radius 2 is 1.72 bits per heavy atom. The number of nitrogens with one attached hydrogen (secondary N) is 1. The third-order valence-corrected chi connectivity index (χ3v) is 7.08. The standard InChI is InChI=1S/C29H29F3N4O3/c1-19-27(26-17-25(38-2)13-16-36(26)34-19)28(37)33-18-20-3-7-23(8-4-20)35-14-11-22(12-15-35)21-5-9-24(10-6-21)39-29(30,31)32/h3-10,13,16-17,22H,11-12,14-15,18H2,1-2H3,(H,33,37). The Morgan fingerprint density at radius 1 is 1.03 bits per heavy atom. The molecule has 5 rings (SSSR count). The minimum Gasteiger partial charge on any atom is -0.497 e. The van der Waals surface area contributed by atoms with Crippen molar-refractivity contribution in [3.05, 3.63) is 89.2 Å². The maximum absolute atomic E-state index is 13.0. The van der Waals surface area contributed by atoms with Crippen molar-refractivity contribution >= 4 is 17.1 Å². The van der Waals surface area contributed by atoms with Gasteiger partial charge in [-0.05, 0) is 67.1 Å². The van der Waals surface area contributed by atoms with Crippen molar-refractivity contribution in [3.8, 4) is 11.5 Å². The van der Waals surface area contributed by atoms with Gasteiger partial charge in [0.25, 0.3) is 5.91 Å². The highest BCUT2D eigenvalue weighted by Gasteiger charge is 2.31. The number of amides is 1. The lowest BCUT2D eigenvalue weighted by Gasteiger charge is -2.34. The first-order valence-corrected chi connectivity index (χ1v) is 12.7. The molecular weight excluding hydrogens is 509 g/mol. The number of hydrogen-bond acceptors (Lipinski definition) is 5. The number of ether oxygens (including phenoxy) is 2. The molecule has 0 atom stereocenters. The highest BCUT2D eigenvalue weighted by molar-refractivity contribution is 6.02. The molecule has 2 aromatic carbocycles. The average Bonchev–Trinajstić information content (AvgIpc) is 3.26. The van der Waals surface area contributed by atoms with Crippen LogP contribution in [-0.4, -0.2) is 42.1 Å². The Kier molecular flexibility index (Phi) is 7.36. The van der Waals surface area contributed by atoms with Crippen LogP contribution >= 0.6 is 0 Å². The molecule has 2 aromatic heterocycles. The van der Waals surface area contributed by atoms with Crippen molar-refractivity contribution in [1.82, 2.24) is 14.9 Å². The fourth-order valence-electron chi connectivity index (χ4n) is 5.06. The van der Waals surface area contributed by atoms with E-state index in [2.05, 4.69) is 32.2 Å². The number of anilines is 1. The molecule has 39 heavy (non-hydrogen) atoms. The maximum atomic E-state index is 13.0. The summed E-state index contributed by atoms with van der Waals surface area (Å²) < 4.78 is 48.1. The number of hydrogen-bond donors (Lipinski definition) is 1. The molecule has 1 aliphatic heterocycles. The number of piperidine rings is 1. The van der Waals surface area contributed by atoms with Crippen molar-refractivity contribution in [2.24, 2.45) is 0 Å². The number of carbonyl (C=O) groups excluding carboxylic acids is 1. The normalized spacial score (nSPS) is 14.4. The molecule has 0 saturated carbocycles. The monoisotopic (exact) mass is 538 g/mol. The van der Waals surface area contributed by atoms with E-state index in [-0.39, 0.29) is 11.7 Å². The van der Waals surface area contributed by atoms with E-state index in [0.29, 0.717) is 35.0 Å². The minimum atomic E-state index is -4.68. The van der Waals surface area contributed by atoms with Crippen LogP contribution in [0.2, 0.25) is 0 Å². The molecule has 0 bridgehead atoms. The Morgan fingerprint density at radius 3 is 2.36 bits per heavy atom. The Labute approximate surface area is 224 Å². The number of pyridine rings is 1. The second-order valence-corrected chi connectivity index (χ2v) is 9.58. The molecule has 1 aliphatic rings. The van der Waals surface area contributed by atoms with E-state index >= 15 is 0 Å². The lowest BCUT2D eigenvalue weighted by molar-refractivity contribution is -0.274. The lowest BCUT2D eigenvalue weighted by atomic mass is 9.89. The van der Waals surface area contributed by atoms with Crippen LogP contribution in [0, 0.1) is 6.92 Å². The van der Waals surface area contributed by atoms with E-state index in [1.807, 2.05) is 19.1 Å². The lowest BCUT2D eigenvalue weighted by Crippen LogP contribution is -2.32. The predicted octanol–water partition coefficient (Wildman–Crippen LogP) is 5.86. The third kappa shape index (κ3) is 6.10. The van der Waals surface area contributed by atoms with Gasteiger partial charge >= 0.3 is 6.36 Å². The first-order chi connectivity index (χ1) is 18.7. The summed E-state index contributed by atoms with van der Waals surface area (Å²) in [4.78, 5) is 15.3. The zero-order valence-electron chi connectivity index (χ0n) is 21.7. The van der Waals surface area contributed by atoms with Crippen LogP contribution in [0.5, 0.6) is 11.5 Å². The maximum Gasteiger partial charge on any atom is 0.573 e. The first-order valence-electron chi connectivity index (χ1n) is 12.7. The molecule has 204 valence electrons. The van der Waals surface area contributed by atoms with Crippen LogP contribution in [0.3, 0.4) is 0 Å².